The Hall–Kier alpha value is -0.970. The number of aromatic nitrogens is 4. The highest BCUT2D eigenvalue weighted by molar-refractivity contribution is 4.90. The van der Waals surface area contributed by atoms with Gasteiger partial charge in [0.1, 0.15) is 0 Å². The van der Waals surface area contributed by atoms with E-state index in [1.54, 1.807) is 7.05 Å². The van der Waals surface area contributed by atoms with Crippen LogP contribution in [-0.2, 0) is 13.5 Å². The number of likely N-dealkylation sites (N-methyl/N-ethyl adjacent to an activating group) is 1. The molecule has 0 spiro atoms. The molecule has 1 aromatic heterocycles. The summed E-state index contributed by atoms with van der Waals surface area (Å²) in [5, 5.41) is 15.4. The van der Waals surface area contributed by atoms with Gasteiger partial charge in [-0.15, -0.1) is 10.2 Å². The highest BCUT2D eigenvalue weighted by atomic mass is 15.6. The Bertz CT molecular complexity index is 291. The monoisotopic (exact) mass is 195 g/mol. The smallest absolute Gasteiger partial charge is 0.176 e. The first kappa shape index (κ1) is 9.58. The standard InChI is InChI=1S/C9H17N5/c1-10-8(7-4-3-5-7)6-9-11-13-14(2)12-9/h7-8,10H,3-6H2,1-2H3. The van der Waals surface area contributed by atoms with Crippen molar-refractivity contribution in [2.75, 3.05) is 7.05 Å². The van der Waals surface area contributed by atoms with E-state index in [2.05, 4.69) is 20.7 Å². The molecule has 1 N–H and O–H groups in total. The molecular weight excluding hydrogens is 178 g/mol. The van der Waals surface area contributed by atoms with Gasteiger partial charge in [0, 0.05) is 12.5 Å². The zero-order valence-corrected chi connectivity index (χ0v) is 8.77. The number of nitrogens with zero attached hydrogens (tertiary/aromatic N) is 4. The van der Waals surface area contributed by atoms with E-state index in [1.807, 2.05) is 7.05 Å². The van der Waals surface area contributed by atoms with Crippen LogP contribution in [0.1, 0.15) is 25.1 Å². The lowest BCUT2D eigenvalue weighted by atomic mass is 9.78. The fourth-order valence-corrected chi connectivity index (χ4v) is 1.95. The van der Waals surface area contributed by atoms with Gasteiger partial charge >= 0.3 is 0 Å². The van der Waals surface area contributed by atoms with Crippen LogP contribution >= 0.6 is 0 Å². The summed E-state index contributed by atoms with van der Waals surface area (Å²) in [6, 6.07) is 0.521. The van der Waals surface area contributed by atoms with Gasteiger partial charge in [-0.05, 0) is 31.0 Å². The molecule has 1 fully saturated rings. The van der Waals surface area contributed by atoms with Gasteiger partial charge in [-0.1, -0.05) is 6.42 Å². The molecule has 1 atom stereocenters. The Balaban J connectivity index is 1.93. The molecule has 5 nitrogen and oxygen atoms in total. The minimum absolute atomic E-state index is 0.521. The third-order valence-electron chi connectivity index (χ3n) is 3.04. The van der Waals surface area contributed by atoms with Gasteiger partial charge in [-0.2, -0.15) is 4.80 Å². The van der Waals surface area contributed by atoms with Crippen LogP contribution in [0, 0.1) is 5.92 Å². The van der Waals surface area contributed by atoms with Crippen molar-refractivity contribution in [2.24, 2.45) is 13.0 Å². The van der Waals surface area contributed by atoms with Crippen LogP contribution in [0.2, 0.25) is 0 Å². The van der Waals surface area contributed by atoms with Crippen molar-refractivity contribution in [3.8, 4) is 0 Å². The largest absolute Gasteiger partial charge is 0.316 e. The molecule has 0 bridgehead atoms. The van der Waals surface area contributed by atoms with Crippen molar-refractivity contribution >= 4 is 0 Å². The highest BCUT2D eigenvalue weighted by Crippen LogP contribution is 2.30. The fourth-order valence-electron chi connectivity index (χ4n) is 1.95. The van der Waals surface area contributed by atoms with Crippen molar-refractivity contribution in [1.82, 2.24) is 25.5 Å². The second-order valence-electron chi connectivity index (χ2n) is 3.99. The number of nitrogens with one attached hydrogen (secondary N) is 1. The van der Waals surface area contributed by atoms with Crippen LogP contribution in [0.5, 0.6) is 0 Å². The number of hydrogen-bond acceptors (Lipinski definition) is 4. The van der Waals surface area contributed by atoms with Crippen LogP contribution in [0.4, 0.5) is 0 Å². The van der Waals surface area contributed by atoms with E-state index in [4.69, 9.17) is 0 Å². The second kappa shape index (κ2) is 4.04. The van der Waals surface area contributed by atoms with Crippen LogP contribution in [0.25, 0.3) is 0 Å². The molecule has 78 valence electrons. The molecule has 5 heteroatoms. The predicted octanol–water partition coefficient (Wildman–Crippen LogP) is 0.141. The molecule has 1 aliphatic carbocycles. The first-order chi connectivity index (χ1) is 6.79. The predicted molar refractivity (Wildman–Crippen MR) is 52.7 cm³/mol. The SMILES string of the molecule is CNC(Cc1nnn(C)n1)C1CCC1. The lowest BCUT2D eigenvalue weighted by molar-refractivity contribution is 0.233. The van der Waals surface area contributed by atoms with Crippen LogP contribution in [-0.4, -0.2) is 33.3 Å². The molecule has 14 heavy (non-hydrogen) atoms. The van der Waals surface area contributed by atoms with E-state index < -0.39 is 0 Å². The van der Waals surface area contributed by atoms with E-state index in [1.165, 1.54) is 24.1 Å². The summed E-state index contributed by atoms with van der Waals surface area (Å²) in [6.45, 7) is 0. The quantitative estimate of drug-likeness (QED) is 0.742. The zero-order valence-electron chi connectivity index (χ0n) is 8.77. The molecule has 1 heterocycles. The molecular formula is C9H17N5. The summed E-state index contributed by atoms with van der Waals surface area (Å²) in [7, 11) is 3.81. The van der Waals surface area contributed by atoms with Crippen molar-refractivity contribution in [3.05, 3.63) is 5.82 Å². The van der Waals surface area contributed by atoms with Gasteiger partial charge < -0.3 is 5.32 Å². The molecule has 0 aromatic carbocycles. The number of tetrazole rings is 1. The highest BCUT2D eigenvalue weighted by Gasteiger charge is 2.27. The summed E-state index contributed by atoms with van der Waals surface area (Å²) in [4.78, 5) is 1.52. The van der Waals surface area contributed by atoms with Crippen LogP contribution < -0.4 is 5.32 Å². The summed E-state index contributed by atoms with van der Waals surface area (Å²) in [5.41, 5.74) is 0. The average Bonchev–Trinajstić information content (AvgIpc) is 2.47. The van der Waals surface area contributed by atoms with Crippen molar-refractivity contribution < 1.29 is 0 Å². The van der Waals surface area contributed by atoms with E-state index >= 15 is 0 Å². The molecule has 0 amide bonds. The Kier molecular flexibility index (Phi) is 2.77. The third kappa shape index (κ3) is 1.92. The third-order valence-corrected chi connectivity index (χ3v) is 3.04. The van der Waals surface area contributed by atoms with E-state index in [0.29, 0.717) is 6.04 Å². The maximum absolute atomic E-state index is 4.19. The van der Waals surface area contributed by atoms with Crippen LogP contribution in [0.3, 0.4) is 0 Å². The Morgan fingerprint density at radius 2 is 2.36 bits per heavy atom. The number of aryl methyl sites for hydroxylation is 1. The molecule has 1 aliphatic rings. The molecule has 1 aromatic rings. The molecule has 0 radical (unpaired) electrons. The maximum atomic E-state index is 4.19. The summed E-state index contributed by atoms with van der Waals surface area (Å²) < 4.78 is 0. The first-order valence-corrected chi connectivity index (χ1v) is 5.19. The lowest BCUT2D eigenvalue weighted by Gasteiger charge is -2.32. The minimum Gasteiger partial charge on any atom is -0.316 e. The molecule has 0 saturated heterocycles. The molecule has 1 unspecified atom stereocenters. The lowest BCUT2D eigenvalue weighted by Crippen LogP contribution is -2.39. The number of hydrogen-bond donors (Lipinski definition) is 1. The summed E-state index contributed by atoms with van der Waals surface area (Å²) in [5.74, 6) is 1.66. The normalized spacial score (nSPS) is 19.3. The van der Waals surface area contributed by atoms with Crippen molar-refractivity contribution in [3.63, 3.8) is 0 Å². The Morgan fingerprint density at radius 3 is 2.79 bits per heavy atom. The van der Waals surface area contributed by atoms with Gasteiger partial charge in [-0.25, -0.2) is 0 Å². The zero-order chi connectivity index (χ0) is 9.97. The first-order valence-electron chi connectivity index (χ1n) is 5.19. The average molecular weight is 195 g/mol. The van der Waals surface area contributed by atoms with Gasteiger partial charge in [0.15, 0.2) is 5.82 Å². The van der Waals surface area contributed by atoms with E-state index in [9.17, 15) is 0 Å². The van der Waals surface area contributed by atoms with Crippen molar-refractivity contribution in [2.45, 2.75) is 31.7 Å². The van der Waals surface area contributed by atoms with Gasteiger partial charge in [0.25, 0.3) is 0 Å². The maximum Gasteiger partial charge on any atom is 0.176 e. The Labute approximate surface area is 83.9 Å². The fraction of sp³-hybridized carbons (Fsp3) is 0.889. The van der Waals surface area contributed by atoms with E-state index in [-0.39, 0.29) is 0 Å². The second-order valence-corrected chi connectivity index (χ2v) is 3.99. The van der Waals surface area contributed by atoms with Crippen molar-refractivity contribution in [1.29, 1.82) is 0 Å². The Morgan fingerprint density at radius 1 is 1.57 bits per heavy atom. The van der Waals surface area contributed by atoms with E-state index in [0.717, 1.165) is 18.2 Å². The minimum atomic E-state index is 0.521. The number of rotatable bonds is 4. The molecule has 2 rings (SSSR count). The van der Waals surface area contributed by atoms with Gasteiger partial charge in [-0.3, -0.25) is 0 Å². The molecule has 1 saturated carbocycles. The topological polar surface area (TPSA) is 55.6 Å². The molecule has 0 aliphatic heterocycles. The van der Waals surface area contributed by atoms with Gasteiger partial charge in [0.2, 0.25) is 0 Å². The summed E-state index contributed by atoms with van der Waals surface area (Å²) in [6.07, 6.45) is 4.95. The summed E-state index contributed by atoms with van der Waals surface area (Å²) >= 11 is 0. The van der Waals surface area contributed by atoms with Gasteiger partial charge in [0.05, 0.1) is 7.05 Å². The van der Waals surface area contributed by atoms with Crippen LogP contribution in [0.15, 0.2) is 0 Å².